The predicted molar refractivity (Wildman–Crippen MR) is 125 cm³/mol. The lowest BCUT2D eigenvalue weighted by Gasteiger charge is -2.28. The maximum absolute atomic E-state index is 13.1. The number of ether oxygens (including phenoxy) is 1. The summed E-state index contributed by atoms with van der Waals surface area (Å²) in [6.45, 7) is 6.56. The number of nitrogens with one attached hydrogen (secondary N) is 1. The minimum absolute atomic E-state index is 0.112. The number of carbonyl (C=O) groups excluding carboxylic acids is 2. The van der Waals surface area contributed by atoms with Crippen molar-refractivity contribution >= 4 is 12.0 Å². The molecule has 0 aliphatic rings. The summed E-state index contributed by atoms with van der Waals surface area (Å²) >= 11 is 0. The van der Waals surface area contributed by atoms with E-state index >= 15 is 0 Å². The third kappa shape index (κ3) is 9.08. The number of amides is 2. The molecule has 174 valence electrons. The van der Waals surface area contributed by atoms with Crippen LogP contribution in [0.15, 0.2) is 60.7 Å². The maximum atomic E-state index is 13.1. The predicted octanol–water partition coefficient (Wildman–Crippen LogP) is 3.64. The maximum Gasteiger partial charge on any atom is 0.410 e. The summed E-state index contributed by atoms with van der Waals surface area (Å²) in [5, 5.41) is 0. The van der Waals surface area contributed by atoms with Crippen LogP contribution in [0.5, 0.6) is 0 Å². The van der Waals surface area contributed by atoms with E-state index in [9.17, 15) is 9.59 Å². The first-order chi connectivity index (χ1) is 15.2. The minimum atomic E-state index is -0.562. The van der Waals surface area contributed by atoms with E-state index in [0.717, 1.165) is 11.1 Å². The molecule has 2 aromatic rings. The second-order valence-corrected chi connectivity index (χ2v) is 8.80. The van der Waals surface area contributed by atoms with Gasteiger partial charge in [0.15, 0.2) is 0 Å². The van der Waals surface area contributed by atoms with Crippen molar-refractivity contribution in [3.05, 3.63) is 71.8 Å². The number of hydroxylamine groups is 1. The number of carbonyl (C=O) groups is 2. The van der Waals surface area contributed by atoms with Gasteiger partial charge in [-0.15, -0.1) is 0 Å². The average Bonchev–Trinajstić information content (AvgIpc) is 2.76. The topological polar surface area (TPSA) is 71.1 Å². The summed E-state index contributed by atoms with van der Waals surface area (Å²) < 4.78 is 5.37. The molecule has 0 fully saturated rings. The molecule has 32 heavy (non-hydrogen) atoms. The summed E-state index contributed by atoms with van der Waals surface area (Å²) in [7, 11) is 3.39. The first-order valence-corrected chi connectivity index (χ1v) is 10.8. The van der Waals surface area contributed by atoms with Gasteiger partial charge in [0.1, 0.15) is 11.6 Å². The fourth-order valence-electron chi connectivity index (χ4n) is 2.94. The standard InChI is InChI=1S/C25H35N3O4/c1-25(2,3)32-24(30)28(5)17-16-27(4)23(29)22(18-20-12-8-6-9-13-20)26-31-19-21-14-10-7-11-15-21/h6-15,22,26H,16-19H2,1-5H3/t22-/m0/s1. The van der Waals surface area contributed by atoms with Gasteiger partial charge in [0.25, 0.3) is 0 Å². The number of likely N-dealkylation sites (N-methyl/N-ethyl adjacent to an activating group) is 2. The lowest BCUT2D eigenvalue weighted by atomic mass is 10.1. The summed E-state index contributed by atoms with van der Waals surface area (Å²) in [5.41, 5.74) is 4.42. The molecule has 1 atom stereocenters. The van der Waals surface area contributed by atoms with E-state index in [0.29, 0.717) is 26.1 Å². The molecule has 0 radical (unpaired) electrons. The molecule has 1 N–H and O–H groups in total. The van der Waals surface area contributed by atoms with E-state index in [2.05, 4.69) is 5.48 Å². The first kappa shape index (κ1) is 25.4. The highest BCUT2D eigenvalue weighted by molar-refractivity contribution is 5.82. The Kier molecular flexibility index (Phi) is 9.68. The Hall–Kier alpha value is -2.90. The Labute approximate surface area is 191 Å². The molecule has 0 saturated carbocycles. The van der Waals surface area contributed by atoms with Gasteiger partial charge in [0.05, 0.1) is 6.61 Å². The van der Waals surface area contributed by atoms with Crippen LogP contribution in [0.25, 0.3) is 0 Å². The van der Waals surface area contributed by atoms with Gasteiger partial charge in [0.2, 0.25) is 5.91 Å². The number of benzene rings is 2. The van der Waals surface area contributed by atoms with E-state index in [-0.39, 0.29) is 5.91 Å². The second kappa shape index (κ2) is 12.2. The largest absolute Gasteiger partial charge is 0.444 e. The fourth-order valence-corrected chi connectivity index (χ4v) is 2.94. The van der Waals surface area contributed by atoms with Crippen LogP contribution < -0.4 is 5.48 Å². The molecular weight excluding hydrogens is 406 g/mol. The molecule has 2 rings (SSSR count). The summed E-state index contributed by atoms with van der Waals surface area (Å²) in [6.07, 6.45) is 0.0734. The molecule has 0 bridgehead atoms. The lowest BCUT2D eigenvalue weighted by molar-refractivity contribution is -0.137. The number of nitrogens with zero attached hydrogens (tertiary/aromatic N) is 2. The number of hydrogen-bond donors (Lipinski definition) is 1. The van der Waals surface area contributed by atoms with Crippen LogP contribution in [0.3, 0.4) is 0 Å². The Balaban J connectivity index is 1.95. The van der Waals surface area contributed by atoms with Crippen LogP contribution in [0.2, 0.25) is 0 Å². The second-order valence-electron chi connectivity index (χ2n) is 8.80. The third-order valence-electron chi connectivity index (χ3n) is 4.74. The summed E-state index contributed by atoms with van der Waals surface area (Å²) in [5.74, 6) is -0.112. The molecule has 0 heterocycles. The summed E-state index contributed by atoms with van der Waals surface area (Å²) in [4.78, 5) is 34.0. The van der Waals surface area contributed by atoms with Crippen molar-refractivity contribution in [2.75, 3.05) is 27.2 Å². The van der Waals surface area contributed by atoms with Gasteiger partial charge >= 0.3 is 6.09 Å². The monoisotopic (exact) mass is 441 g/mol. The van der Waals surface area contributed by atoms with Crippen molar-refractivity contribution in [1.29, 1.82) is 0 Å². The van der Waals surface area contributed by atoms with Gasteiger partial charge in [-0.2, -0.15) is 5.48 Å². The molecule has 0 aliphatic heterocycles. The SMILES string of the molecule is CN(CCN(C)C(=O)[C@H](Cc1ccccc1)NOCc1ccccc1)C(=O)OC(C)(C)C. The molecular formula is C25H35N3O4. The number of hydrogen-bond acceptors (Lipinski definition) is 5. The van der Waals surface area contributed by atoms with Gasteiger partial charge in [0, 0.05) is 27.2 Å². The Morgan fingerprint density at radius 2 is 1.41 bits per heavy atom. The molecule has 7 nitrogen and oxygen atoms in total. The van der Waals surface area contributed by atoms with E-state index < -0.39 is 17.7 Å². The van der Waals surface area contributed by atoms with Gasteiger partial charge in [-0.1, -0.05) is 60.7 Å². The minimum Gasteiger partial charge on any atom is -0.444 e. The molecule has 0 unspecified atom stereocenters. The van der Waals surface area contributed by atoms with Gasteiger partial charge < -0.3 is 14.5 Å². The molecule has 0 spiro atoms. The van der Waals surface area contributed by atoms with Gasteiger partial charge in [-0.25, -0.2) is 4.79 Å². The molecule has 0 saturated heterocycles. The van der Waals surface area contributed by atoms with Crippen molar-refractivity contribution < 1.29 is 19.2 Å². The Bertz CT molecular complexity index is 837. The van der Waals surface area contributed by atoms with Crippen molar-refractivity contribution in [2.45, 2.75) is 45.4 Å². The zero-order valence-electron chi connectivity index (χ0n) is 19.7. The van der Waals surface area contributed by atoms with E-state index in [1.165, 1.54) is 4.90 Å². The molecule has 2 amide bonds. The highest BCUT2D eigenvalue weighted by Gasteiger charge is 2.24. The van der Waals surface area contributed by atoms with E-state index in [4.69, 9.17) is 9.57 Å². The smallest absolute Gasteiger partial charge is 0.410 e. The van der Waals surface area contributed by atoms with Crippen molar-refractivity contribution in [1.82, 2.24) is 15.3 Å². The molecule has 0 aliphatic carbocycles. The highest BCUT2D eigenvalue weighted by Crippen LogP contribution is 2.10. The lowest BCUT2D eigenvalue weighted by Crippen LogP contribution is -2.48. The zero-order chi connectivity index (χ0) is 23.6. The third-order valence-corrected chi connectivity index (χ3v) is 4.74. The number of rotatable bonds is 10. The van der Waals surface area contributed by atoms with Crippen LogP contribution in [0, 0.1) is 0 Å². The molecule has 0 aromatic heterocycles. The highest BCUT2D eigenvalue weighted by atomic mass is 16.6. The summed E-state index contributed by atoms with van der Waals surface area (Å²) in [6, 6.07) is 19.0. The Morgan fingerprint density at radius 3 is 1.97 bits per heavy atom. The first-order valence-electron chi connectivity index (χ1n) is 10.8. The van der Waals surface area contributed by atoms with E-state index in [1.807, 2.05) is 81.4 Å². The zero-order valence-corrected chi connectivity index (χ0v) is 19.7. The van der Waals surface area contributed by atoms with Crippen LogP contribution >= 0.6 is 0 Å². The Morgan fingerprint density at radius 1 is 0.875 bits per heavy atom. The normalized spacial score (nSPS) is 12.2. The average molecular weight is 442 g/mol. The van der Waals surface area contributed by atoms with Crippen LogP contribution in [-0.4, -0.2) is 60.6 Å². The van der Waals surface area contributed by atoms with Crippen molar-refractivity contribution in [2.24, 2.45) is 0 Å². The van der Waals surface area contributed by atoms with Gasteiger partial charge in [-0.05, 0) is 38.3 Å². The van der Waals surface area contributed by atoms with Crippen LogP contribution in [0.4, 0.5) is 4.79 Å². The fraction of sp³-hybridized carbons (Fsp3) is 0.440. The quantitative estimate of drug-likeness (QED) is 0.570. The van der Waals surface area contributed by atoms with Gasteiger partial charge in [-0.3, -0.25) is 9.63 Å². The van der Waals surface area contributed by atoms with Crippen molar-refractivity contribution in [3.63, 3.8) is 0 Å². The van der Waals surface area contributed by atoms with Crippen LogP contribution in [0.1, 0.15) is 31.9 Å². The molecule has 2 aromatic carbocycles. The van der Waals surface area contributed by atoms with Crippen molar-refractivity contribution in [3.8, 4) is 0 Å². The van der Waals surface area contributed by atoms with E-state index in [1.54, 1.807) is 19.0 Å². The molecule has 7 heteroatoms. The van der Waals surface area contributed by atoms with Crippen LogP contribution in [-0.2, 0) is 27.4 Å².